The Kier molecular flexibility index (Phi) is 3.80. The zero-order chi connectivity index (χ0) is 12.3. The van der Waals surface area contributed by atoms with Crippen molar-refractivity contribution in [2.45, 2.75) is 25.4 Å². The fourth-order valence-corrected chi connectivity index (χ4v) is 1.50. The number of alkyl halides is 3. The van der Waals surface area contributed by atoms with Crippen molar-refractivity contribution in [3.05, 3.63) is 29.3 Å². The first-order chi connectivity index (χ1) is 7.36. The molecule has 0 heterocycles. The zero-order valence-corrected chi connectivity index (χ0v) is 8.88. The first-order valence-electron chi connectivity index (χ1n) is 4.96. The van der Waals surface area contributed by atoms with E-state index in [4.69, 9.17) is 10.8 Å². The highest BCUT2D eigenvalue weighted by Crippen LogP contribution is 2.37. The molecule has 0 bridgehead atoms. The second-order valence-corrected chi connectivity index (χ2v) is 3.75. The van der Waals surface area contributed by atoms with Gasteiger partial charge in [0.15, 0.2) is 0 Å². The number of phenols is 1. The van der Waals surface area contributed by atoms with Crippen molar-refractivity contribution in [3.63, 3.8) is 0 Å². The van der Waals surface area contributed by atoms with Gasteiger partial charge in [-0.05, 0) is 36.6 Å². The fraction of sp³-hybridized carbons (Fsp3) is 0.455. The number of hydrogen-bond donors (Lipinski definition) is 2. The van der Waals surface area contributed by atoms with Gasteiger partial charge in [0.05, 0.1) is 5.56 Å². The number of benzene rings is 1. The van der Waals surface area contributed by atoms with Crippen molar-refractivity contribution in [1.29, 1.82) is 0 Å². The van der Waals surface area contributed by atoms with Crippen molar-refractivity contribution >= 4 is 0 Å². The summed E-state index contributed by atoms with van der Waals surface area (Å²) in [6, 6.07) is 3.55. The number of phenolic OH excluding ortho intramolecular Hbond substituents is 1. The highest BCUT2D eigenvalue weighted by Gasteiger charge is 2.34. The minimum Gasteiger partial charge on any atom is -0.507 e. The number of halogens is 3. The second kappa shape index (κ2) is 4.74. The van der Waals surface area contributed by atoms with Crippen LogP contribution >= 0.6 is 0 Å². The second-order valence-electron chi connectivity index (χ2n) is 3.75. The summed E-state index contributed by atoms with van der Waals surface area (Å²) in [4.78, 5) is 0. The van der Waals surface area contributed by atoms with Crippen LogP contribution < -0.4 is 5.73 Å². The van der Waals surface area contributed by atoms with E-state index in [-0.39, 0.29) is 5.92 Å². The van der Waals surface area contributed by atoms with Gasteiger partial charge in [0.1, 0.15) is 5.75 Å². The Morgan fingerprint density at radius 2 is 2.00 bits per heavy atom. The van der Waals surface area contributed by atoms with Crippen LogP contribution in [0.4, 0.5) is 13.2 Å². The molecule has 90 valence electrons. The summed E-state index contributed by atoms with van der Waals surface area (Å²) in [5.41, 5.74) is 4.89. The van der Waals surface area contributed by atoms with Crippen LogP contribution in [-0.2, 0) is 6.18 Å². The molecule has 0 amide bonds. The summed E-state index contributed by atoms with van der Waals surface area (Å²) in [6.45, 7) is 2.22. The van der Waals surface area contributed by atoms with Crippen molar-refractivity contribution in [2.24, 2.45) is 5.73 Å². The van der Waals surface area contributed by atoms with Gasteiger partial charge in [-0.15, -0.1) is 0 Å². The summed E-state index contributed by atoms with van der Waals surface area (Å²) in [6.07, 6.45) is -3.91. The van der Waals surface area contributed by atoms with Crippen LogP contribution in [-0.4, -0.2) is 11.7 Å². The van der Waals surface area contributed by atoms with Crippen LogP contribution in [0, 0.1) is 0 Å². The van der Waals surface area contributed by atoms with Crippen LogP contribution in [0.1, 0.15) is 30.4 Å². The van der Waals surface area contributed by atoms with Crippen molar-refractivity contribution < 1.29 is 18.3 Å². The lowest BCUT2D eigenvalue weighted by molar-refractivity contribution is -0.138. The molecule has 0 aliphatic rings. The maximum absolute atomic E-state index is 12.5. The van der Waals surface area contributed by atoms with Crippen LogP contribution in [0.25, 0.3) is 0 Å². The van der Waals surface area contributed by atoms with E-state index in [1.807, 2.05) is 0 Å². The van der Waals surface area contributed by atoms with Gasteiger partial charge in [0.25, 0.3) is 0 Å². The molecule has 0 saturated heterocycles. The molecule has 0 aliphatic heterocycles. The van der Waals surface area contributed by atoms with Gasteiger partial charge in [-0.25, -0.2) is 0 Å². The van der Waals surface area contributed by atoms with Gasteiger partial charge in [0.2, 0.25) is 0 Å². The Morgan fingerprint density at radius 3 is 2.50 bits per heavy atom. The Balaban J connectivity index is 3.07. The first-order valence-corrected chi connectivity index (χ1v) is 4.96. The summed E-state index contributed by atoms with van der Waals surface area (Å²) in [7, 11) is 0. The van der Waals surface area contributed by atoms with E-state index in [1.54, 1.807) is 6.92 Å². The molecule has 1 unspecified atom stereocenters. The molecule has 5 heteroatoms. The quantitative estimate of drug-likeness (QED) is 0.843. The molecule has 0 saturated carbocycles. The Morgan fingerprint density at radius 1 is 1.38 bits per heavy atom. The number of hydrogen-bond acceptors (Lipinski definition) is 2. The molecule has 16 heavy (non-hydrogen) atoms. The van der Waals surface area contributed by atoms with E-state index in [2.05, 4.69) is 0 Å². The Labute approximate surface area is 91.9 Å². The van der Waals surface area contributed by atoms with E-state index < -0.39 is 17.5 Å². The fourth-order valence-electron chi connectivity index (χ4n) is 1.50. The predicted octanol–water partition coefficient (Wildman–Crippen LogP) is 2.86. The van der Waals surface area contributed by atoms with Crippen LogP contribution in [0.5, 0.6) is 5.75 Å². The molecule has 3 N–H and O–H groups in total. The third-order valence-corrected chi connectivity index (χ3v) is 2.49. The molecule has 0 aliphatic carbocycles. The maximum Gasteiger partial charge on any atom is 0.419 e. The minimum absolute atomic E-state index is 0.0494. The third-order valence-electron chi connectivity index (χ3n) is 2.49. The lowest BCUT2D eigenvalue weighted by Crippen LogP contribution is -2.08. The minimum atomic E-state index is -4.53. The van der Waals surface area contributed by atoms with Crippen LogP contribution in [0.2, 0.25) is 0 Å². The lowest BCUT2D eigenvalue weighted by Gasteiger charge is -2.14. The highest BCUT2D eigenvalue weighted by atomic mass is 19.4. The molecular formula is C11H14F3NO. The average Bonchev–Trinajstić information content (AvgIpc) is 2.16. The Hall–Kier alpha value is -1.23. The molecule has 1 rings (SSSR count). The van der Waals surface area contributed by atoms with Gasteiger partial charge in [-0.1, -0.05) is 13.0 Å². The van der Waals surface area contributed by atoms with E-state index in [9.17, 15) is 13.2 Å². The maximum atomic E-state index is 12.5. The molecule has 1 atom stereocenters. The zero-order valence-electron chi connectivity index (χ0n) is 8.88. The van der Waals surface area contributed by atoms with E-state index in [0.717, 1.165) is 12.1 Å². The number of nitrogens with two attached hydrogens (primary N) is 1. The van der Waals surface area contributed by atoms with E-state index >= 15 is 0 Å². The van der Waals surface area contributed by atoms with Crippen LogP contribution in [0.15, 0.2) is 18.2 Å². The summed E-state index contributed by atoms with van der Waals surface area (Å²) in [5, 5.41) is 9.14. The predicted molar refractivity (Wildman–Crippen MR) is 55.2 cm³/mol. The molecule has 0 aromatic heterocycles. The average molecular weight is 233 g/mol. The van der Waals surface area contributed by atoms with E-state index in [0.29, 0.717) is 18.5 Å². The van der Waals surface area contributed by atoms with Gasteiger partial charge in [0, 0.05) is 0 Å². The van der Waals surface area contributed by atoms with Crippen LogP contribution in [0.3, 0.4) is 0 Å². The van der Waals surface area contributed by atoms with Crippen molar-refractivity contribution in [2.75, 3.05) is 6.54 Å². The molecule has 1 aromatic rings. The molecular weight excluding hydrogens is 219 g/mol. The smallest absolute Gasteiger partial charge is 0.419 e. The van der Waals surface area contributed by atoms with Gasteiger partial charge in [-0.3, -0.25) is 0 Å². The first kappa shape index (κ1) is 12.8. The number of rotatable bonds is 3. The highest BCUT2D eigenvalue weighted by molar-refractivity contribution is 5.39. The molecule has 2 nitrogen and oxygen atoms in total. The standard InChI is InChI=1S/C11H14F3NO/c1-7(4-5-15)8-2-3-10(16)9(6-8)11(12,13)14/h2-3,6-7,16H,4-5,15H2,1H3. The summed E-state index contributed by atoms with van der Waals surface area (Å²) >= 11 is 0. The topological polar surface area (TPSA) is 46.2 Å². The third kappa shape index (κ3) is 2.88. The van der Waals surface area contributed by atoms with E-state index in [1.165, 1.54) is 6.07 Å². The SMILES string of the molecule is CC(CCN)c1ccc(O)c(C(F)(F)F)c1. The van der Waals surface area contributed by atoms with Gasteiger partial charge < -0.3 is 10.8 Å². The molecule has 0 radical (unpaired) electrons. The summed E-state index contributed by atoms with van der Waals surface area (Å²) in [5.74, 6) is -0.789. The molecule has 1 aromatic carbocycles. The molecule has 0 spiro atoms. The van der Waals surface area contributed by atoms with Gasteiger partial charge >= 0.3 is 6.18 Å². The normalized spacial score (nSPS) is 13.8. The lowest BCUT2D eigenvalue weighted by atomic mass is 9.95. The number of aromatic hydroxyl groups is 1. The molecule has 0 fully saturated rings. The van der Waals surface area contributed by atoms with Crippen molar-refractivity contribution in [1.82, 2.24) is 0 Å². The largest absolute Gasteiger partial charge is 0.507 e. The monoisotopic (exact) mass is 233 g/mol. The summed E-state index contributed by atoms with van der Waals surface area (Å²) < 4.78 is 37.5. The Bertz CT molecular complexity index is 363. The van der Waals surface area contributed by atoms with Crippen molar-refractivity contribution in [3.8, 4) is 5.75 Å². The van der Waals surface area contributed by atoms with Gasteiger partial charge in [-0.2, -0.15) is 13.2 Å².